The van der Waals surface area contributed by atoms with Crippen molar-refractivity contribution in [2.24, 2.45) is 11.4 Å². The summed E-state index contributed by atoms with van der Waals surface area (Å²) in [5.41, 5.74) is 0.701. The molecular formula is C24H24ClN3O5S. The molecule has 178 valence electrons. The Balaban J connectivity index is 1.73. The SMILES string of the molecule is COc1ccc(C(=O)c2cnn(C)c2OC(=O)c2ccccc2)c(Cl)c1N=S1(=O)CCCCC1. The maximum Gasteiger partial charge on any atom is 0.344 e. The Kier molecular flexibility index (Phi) is 7.04. The van der Waals surface area contributed by atoms with Gasteiger partial charge in [-0.05, 0) is 37.1 Å². The van der Waals surface area contributed by atoms with Crippen LogP contribution in [0.3, 0.4) is 0 Å². The summed E-state index contributed by atoms with van der Waals surface area (Å²) in [6.45, 7) is 0. The number of hydrogen-bond acceptors (Lipinski definition) is 7. The number of methoxy groups -OCH3 is 1. The fourth-order valence-corrected chi connectivity index (χ4v) is 6.28. The second-order valence-corrected chi connectivity index (χ2v) is 10.8. The van der Waals surface area contributed by atoms with Crippen LogP contribution in [0.15, 0.2) is 53.0 Å². The van der Waals surface area contributed by atoms with E-state index in [1.165, 1.54) is 24.1 Å². The summed E-state index contributed by atoms with van der Waals surface area (Å²) in [4.78, 5) is 26.0. The Bertz CT molecular complexity index is 1350. The van der Waals surface area contributed by atoms with E-state index in [0.717, 1.165) is 19.3 Å². The van der Waals surface area contributed by atoms with Gasteiger partial charge in [-0.3, -0.25) is 4.79 Å². The maximum atomic E-state index is 13.5. The number of halogens is 1. The van der Waals surface area contributed by atoms with E-state index < -0.39 is 21.5 Å². The predicted octanol–water partition coefficient (Wildman–Crippen LogP) is 4.82. The van der Waals surface area contributed by atoms with E-state index in [-0.39, 0.29) is 27.7 Å². The molecule has 1 aliphatic heterocycles. The minimum Gasteiger partial charge on any atom is -0.494 e. The molecule has 0 bridgehead atoms. The van der Waals surface area contributed by atoms with Gasteiger partial charge in [0.2, 0.25) is 11.7 Å². The van der Waals surface area contributed by atoms with Crippen molar-refractivity contribution in [3.05, 3.63) is 70.4 Å². The molecule has 0 radical (unpaired) electrons. The summed E-state index contributed by atoms with van der Waals surface area (Å²) in [5, 5.41) is 4.11. The molecule has 1 aromatic heterocycles. The molecule has 10 heteroatoms. The lowest BCUT2D eigenvalue weighted by molar-refractivity contribution is 0.0718. The van der Waals surface area contributed by atoms with Crippen molar-refractivity contribution in [1.29, 1.82) is 0 Å². The molecule has 0 aliphatic carbocycles. The smallest absolute Gasteiger partial charge is 0.344 e. The van der Waals surface area contributed by atoms with Crippen LogP contribution in [0.25, 0.3) is 0 Å². The Morgan fingerprint density at radius 3 is 2.44 bits per heavy atom. The molecule has 8 nitrogen and oxygen atoms in total. The van der Waals surface area contributed by atoms with E-state index in [4.69, 9.17) is 21.1 Å². The molecule has 0 atom stereocenters. The van der Waals surface area contributed by atoms with E-state index in [2.05, 4.69) is 9.46 Å². The Labute approximate surface area is 203 Å². The monoisotopic (exact) mass is 501 g/mol. The van der Waals surface area contributed by atoms with Crippen LogP contribution in [0, 0.1) is 0 Å². The lowest BCUT2D eigenvalue weighted by Crippen LogP contribution is -2.16. The van der Waals surface area contributed by atoms with Crippen LogP contribution >= 0.6 is 11.6 Å². The van der Waals surface area contributed by atoms with Crippen LogP contribution in [-0.4, -0.2) is 44.4 Å². The number of carbonyl (C=O) groups is 2. The van der Waals surface area contributed by atoms with E-state index in [1.807, 2.05) is 0 Å². The summed E-state index contributed by atoms with van der Waals surface area (Å²) in [6, 6.07) is 11.5. The van der Waals surface area contributed by atoms with Crippen molar-refractivity contribution in [3.8, 4) is 11.6 Å². The van der Waals surface area contributed by atoms with Gasteiger partial charge in [-0.1, -0.05) is 36.2 Å². The summed E-state index contributed by atoms with van der Waals surface area (Å²) in [5.74, 6) is 0.148. The molecule has 1 saturated heterocycles. The number of ketones is 1. The minimum absolute atomic E-state index is 0.0116. The van der Waals surface area contributed by atoms with Gasteiger partial charge in [0.05, 0.1) is 33.6 Å². The van der Waals surface area contributed by atoms with E-state index in [9.17, 15) is 13.8 Å². The number of nitrogens with zero attached hydrogens (tertiary/aromatic N) is 3. The van der Waals surface area contributed by atoms with Crippen molar-refractivity contribution in [3.63, 3.8) is 0 Å². The second-order valence-electron chi connectivity index (χ2n) is 7.88. The fourth-order valence-electron chi connectivity index (χ4n) is 3.73. The predicted molar refractivity (Wildman–Crippen MR) is 130 cm³/mol. The molecular weight excluding hydrogens is 478 g/mol. The lowest BCUT2D eigenvalue weighted by Gasteiger charge is -2.17. The number of aryl methyl sites for hydroxylation is 1. The highest BCUT2D eigenvalue weighted by Gasteiger charge is 2.26. The maximum absolute atomic E-state index is 13.5. The summed E-state index contributed by atoms with van der Waals surface area (Å²) in [7, 11) is 0.532. The molecule has 34 heavy (non-hydrogen) atoms. The van der Waals surface area contributed by atoms with Gasteiger partial charge in [-0.2, -0.15) is 9.46 Å². The summed E-state index contributed by atoms with van der Waals surface area (Å²) >= 11 is 6.62. The second kappa shape index (κ2) is 9.99. The molecule has 2 heterocycles. The zero-order valence-corrected chi connectivity index (χ0v) is 20.4. The number of ether oxygens (including phenoxy) is 2. The third-order valence-electron chi connectivity index (χ3n) is 5.56. The van der Waals surface area contributed by atoms with Crippen LogP contribution in [-0.2, 0) is 16.8 Å². The highest BCUT2D eigenvalue weighted by Crippen LogP contribution is 2.40. The first-order valence-corrected chi connectivity index (χ1v) is 13.0. The van der Waals surface area contributed by atoms with Gasteiger partial charge >= 0.3 is 5.97 Å². The first-order valence-electron chi connectivity index (χ1n) is 10.8. The summed E-state index contributed by atoms with van der Waals surface area (Å²) in [6.07, 6.45) is 3.98. The van der Waals surface area contributed by atoms with Gasteiger partial charge in [-0.15, -0.1) is 0 Å². The average Bonchev–Trinajstić information content (AvgIpc) is 3.20. The first-order chi connectivity index (χ1) is 16.3. The molecule has 2 aromatic carbocycles. The normalized spacial score (nSPS) is 14.9. The number of rotatable bonds is 6. The van der Waals surface area contributed by atoms with Gasteiger partial charge in [0, 0.05) is 24.1 Å². The van der Waals surface area contributed by atoms with E-state index in [0.29, 0.717) is 22.8 Å². The number of carbonyl (C=O) groups excluding carboxylic acids is 2. The van der Waals surface area contributed by atoms with E-state index in [1.54, 1.807) is 43.4 Å². The van der Waals surface area contributed by atoms with Gasteiger partial charge in [0.25, 0.3) is 0 Å². The molecule has 1 fully saturated rings. The van der Waals surface area contributed by atoms with Crippen molar-refractivity contribution in [1.82, 2.24) is 9.78 Å². The topological polar surface area (TPSA) is 99.8 Å². The molecule has 1 aliphatic rings. The van der Waals surface area contributed by atoms with Crippen LogP contribution < -0.4 is 9.47 Å². The number of esters is 1. The lowest BCUT2D eigenvalue weighted by atomic mass is 10.0. The first kappa shape index (κ1) is 24.0. The van der Waals surface area contributed by atoms with Crippen molar-refractivity contribution in [2.45, 2.75) is 19.3 Å². The number of aromatic nitrogens is 2. The minimum atomic E-state index is -2.49. The van der Waals surface area contributed by atoms with Crippen molar-refractivity contribution in [2.75, 3.05) is 18.6 Å². The number of hydrogen-bond donors (Lipinski definition) is 0. The van der Waals surface area contributed by atoms with Crippen molar-refractivity contribution < 1.29 is 23.3 Å². The highest BCUT2D eigenvalue weighted by molar-refractivity contribution is 7.93. The fraction of sp³-hybridized carbons (Fsp3) is 0.292. The third-order valence-corrected chi connectivity index (χ3v) is 8.31. The zero-order chi connectivity index (χ0) is 24.3. The van der Waals surface area contributed by atoms with Crippen LogP contribution in [0.2, 0.25) is 5.02 Å². The molecule has 0 saturated carbocycles. The molecule has 3 aromatic rings. The standard InChI is InChI=1S/C24H24ClN3O5S/c1-28-23(33-24(30)16-9-5-3-6-10-16)18(15-26-28)22(29)17-11-12-19(32-2)21(20(17)25)27-34(31)13-7-4-8-14-34/h3,5-6,9-12,15H,4,7-8,13-14H2,1-2H3. The van der Waals surface area contributed by atoms with Crippen LogP contribution in [0.4, 0.5) is 5.69 Å². The Morgan fingerprint density at radius 1 is 1.06 bits per heavy atom. The summed E-state index contributed by atoms with van der Waals surface area (Å²) < 4.78 is 29.9. The molecule has 0 N–H and O–H groups in total. The Hall–Kier alpha value is -3.17. The third kappa shape index (κ3) is 4.85. The number of benzene rings is 2. The molecule has 0 spiro atoms. The van der Waals surface area contributed by atoms with Gasteiger partial charge in [0.1, 0.15) is 17.0 Å². The largest absolute Gasteiger partial charge is 0.494 e. The molecule has 0 unspecified atom stereocenters. The zero-order valence-electron chi connectivity index (χ0n) is 18.8. The average molecular weight is 502 g/mol. The highest BCUT2D eigenvalue weighted by atomic mass is 35.5. The van der Waals surface area contributed by atoms with Crippen LogP contribution in [0.5, 0.6) is 11.6 Å². The van der Waals surface area contributed by atoms with Crippen molar-refractivity contribution >= 4 is 38.8 Å². The van der Waals surface area contributed by atoms with Crippen LogP contribution in [0.1, 0.15) is 45.5 Å². The Morgan fingerprint density at radius 2 is 1.76 bits per heavy atom. The van der Waals surface area contributed by atoms with Gasteiger partial charge in [0.15, 0.2) is 0 Å². The van der Waals surface area contributed by atoms with Gasteiger partial charge < -0.3 is 9.47 Å². The van der Waals surface area contributed by atoms with E-state index >= 15 is 0 Å². The quantitative estimate of drug-likeness (QED) is 0.355. The van der Waals surface area contributed by atoms with Gasteiger partial charge in [-0.25, -0.2) is 13.7 Å². The molecule has 0 amide bonds. The molecule has 4 rings (SSSR count).